The fourth-order valence-electron chi connectivity index (χ4n) is 5.19. The van der Waals surface area contributed by atoms with Crippen molar-refractivity contribution in [1.29, 1.82) is 0 Å². The van der Waals surface area contributed by atoms with Gasteiger partial charge in [0.15, 0.2) is 12.2 Å². The van der Waals surface area contributed by atoms with Gasteiger partial charge in [-0.15, -0.1) is 0 Å². The summed E-state index contributed by atoms with van der Waals surface area (Å²) in [6.45, 7) is 11.2. The van der Waals surface area contributed by atoms with E-state index in [1.54, 1.807) is 38.1 Å². The molecule has 0 aliphatic heterocycles. The Kier molecular flexibility index (Phi) is 22.3. The minimum atomic E-state index is -0.697. The fraction of sp³-hybridized carbons (Fsp3) is 0.435. The lowest BCUT2D eigenvalue weighted by Gasteiger charge is -2.20. The summed E-state index contributed by atoms with van der Waals surface area (Å²) >= 11 is 0. The Hall–Kier alpha value is -5.78. The molecule has 12 nitrogen and oxygen atoms in total. The van der Waals surface area contributed by atoms with Gasteiger partial charge in [-0.2, -0.15) is 0 Å². The van der Waals surface area contributed by atoms with E-state index in [1.807, 2.05) is 60.7 Å². The molecule has 0 aromatic heterocycles. The van der Waals surface area contributed by atoms with Crippen molar-refractivity contribution in [3.8, 4) is 23.0 Å². The summed E-state index contributed by atoms with van der Waals surface area (Å²) in [6, 6.07) is 25.5. The summed E-state index contributed by atoms with van der Waals surface area (Å²) in [5.41, 5.74) is 0.733. The van der Waals surface area contributed by atoms with Crippen LogP contribution in [0.15, 0.2) is 109 Å². The van der Waals surface area contributed by atoms with Gasteiger partial charge in [0.05, 0.1) is 13.2 Å². The highest BCUT2D eigenvalue weighted by Gasteiger charge is 2.19. The Bertz CT molecular complexity index is 1570. The lowest BCUT2D eigenvalue weighted by molar-refractivity contribution is -0.153. The summed E-state index contributed by atoms with van der Waals surface area (Å²) < 4.78 is 45.7. The van der Waals surface area contributed by atoms with Crippen LogP contribution in [-0.2, 0) is 38.1 Å². The summed E-state index contributed by atoms with van der Waals surface area (Å²) in [5, 5.41) is 0. The minimum Gasteiger partial charge on any atom is -0.490 e. The van der Waals surface area contributed by atoms with E-state index in [2.05, 4.69) is 13.2 Å². The van der Waals surface area contributed by atoms with Crippen LogP contribution < -0.4 is 18.9 Å². The highest BCUT2D eigenvalue weighted by atomic mass is 16.6. The summed E-state index contributed by atoms with van der Waals surface area (Å²) in [5.74, 6) is 0.703. The molecule has 3 rings (SSSR count). The van der Waals surface area contributed by atoms with Gasteiger partial charge in [0.2, 0.25) is 0 Å². The summed E-state index contributed by atoms with van der Waals surface area (Å²) in [6.07, 6.45) is 4.89. The highest BCUT2D eigenvalue weighted by molar-refractivity contribution is 5.87. The van der Waals surface area contributed by atoms with Gasteiger partial charge >= 0.3 is 23.9 Å². The van der Waals surface area contributed by atoms with E-state index in [-0.39, 0.29) is 51.2 Å². The van der Waals surface area contributed by atoms with Crippen LogP contribution in [0.2, 0.25) is 0 Å². The molecule has 2 atom stereocenters. The third kappa shape index (κ3) is 20.9. The van der Waals surface area contributed by atoms with Crippen molar-refractivity contribution < 1.29 is 57.1 Å². The van der Waals surface area contributed by atoms with Gasteiger partial charge in [0, 0.05) is 30.1 Å². The van der Waals surface area contributed by atoms with E-state index in [1.165, 1.54) is 0 Å². The maximum Gasteiger partial charge on any atom is 0.333 e. The molecule has 0 aliphatic carbocycles. The number of benzene rings is 3. The van der Waals surface area contributed by atoms with Gasteiger partial charge in [-0.3, -0.25) is 9.59 Å². The largest absolute Gasteiger partial charge is 0.490 e. The molecule has 12 heteroatoms. The number of rotatable bonds is 30. The topological polar surface area (TPSA) is 142 Å². The van der Waals surface area contributed by atoms with Crippen molar-refractivity contribution in [3.05, 3.63) is 109 Å². The standard InChI is InChI=1S/C46H58O12/c1-35(2)45(49)51-28-17-7-5-15-26-43(47)57-41(31-53-37-20-11-9-12-21-37)33-55-39-24-19-25-40(30-39)56-34-42(32-54-38-22-13-10-14-23-38)58-44(48)27-16-6-8-18-29-52-46(50)36(3)4/h9-14,19-25,30,41-42H,1,3,5-8,15-18,26-29,31-34H2,2,4H3. The molecule has 58 heavy (non-hydrogen) atoms. The fourth-order valence-corrected chi connectivity index (χ4v) is 5.19. The molecule has 0 N–H and O–H groups in total. The Morgan fingerprint density at radius 3 is 1.19 bits per heavy atom. The molecule has 3 aromatic rings. The number of unbranched alkanes of at least 4 members (excludes halogenated alkanes) is 6. The van der Waals surface area contributed by atoms with Gasteiger partial charge in [0.1, 0.15) is 49.4 Å². The maximum atomic E-state index is 12.8. The van der Waals surface area contributed by atoms with Crippen LogP contribution in [0.4, 0.5) is 0 Å². The number of carbonyl (C=O) groups excluding carboxylic acids is 4. The van der Waals surface area contributed by atoms with Crippen molar-refractivity contribution in [1.82, 2.24) is 0 Å². The first kappa shape index (κ1) is 46.6. The number of hydrogen-bond donors (Lipinski definition) is 0. The molecule has 0 saturated carbocycles. The van der Waals surface area contributed by atoms with E-state index < -0.39 is 24.1 Å². The third-order valence-corrected chi connectivity index (χ3v) is 8.35. The predicted octanol–water partition coefficient (Wildman–Crippen LogP) is 8.57. The van der Waals surface area contributed by atoms with Crippen molar-refractivity contribution in [2.75, 3.05) is 39.6 Å². The second-order valence-corrected chi connectivity index (χ2v) is 13.7. The van der Waals surface area contributed by atoms with Crippen LogP contribution in [0, 0.1) is 0 Å². The normalized spacial score (nSPS) is 11.6. The lowest BCUT2D eigenvalue weighted by atomic mass is 10.1. The first-order valence-corrected chi connectivity index (χ1v) is 19.8. The zero-order valence-electron chi connectivity index (χ0n) is 33.9. The van der Waals surface area contributed by atoms with Crippen molar-refractivity contribution >= 4 is 23.9 Å². The lowest BCUT2D eigenvalue weighted by Crippen LogP contribution is -2.31. The van der Waals surface area contributed by atoms with E-state index >= 15 is 0 Å². The van der Waals surface area contributed by atoms with Gasteiger partial charge in [-0.25, -0.2) is 9.59 Å². The van der Waals surface area contributed by atoms with Crippen LogP contribution in [0.5, 0.6) is 23.0 Å². The second-order valence-electron chi connectivity index (χ2n) is 13.7. The van der Waals surface area contributed by atoms with Crippen LogP contribution >= 0.6 is 0 Å². The molecular weight excluding hydrogens is 744 g/mol. The van der Waals surface area contributed by atoms with E-state index in [9.17, 15) is 19.2 Å². The zero-order valence-corrected chi connectivity index (χ0v) is 33.9. The Morgan fingerprint density at radius 1 is 0.466 bits per heavy atom. The predicted molar refractivity (Wildman–Crippen MR) is 219 cm³/mol. The monoisotopic (exact) mass is 802 g/mol. The van der Waals surface area contributed by atoms with Crippen molar-refractivity contribution in [2.24, 2.45) is 0 Å². The van der Waals surface area contributed by atoms with Gasteiger partial charge in [0.25, 0.3) is 0 Å². The Labute approximate surface area is 342 Å². The molecule has 3 aromatic carbocycles. The van der Waals surface area contributed by atoms with Gasteiger partial charge in [-0.1, -0.05) is 81.3 Å². The van der Waals surface area contributed by atoms with Gasteiger partial charge in [-0.05, 0) is 75.9 Å². The van der Waals surface area contributed by atoms with Crippen LogP contribution in [0.1, 0.15) is 78.1 Å². The SMILES string of the molecule is C=C(C)C(=O)OCCCCCCC(=O)OC(COc1ccccc1)COc1cccc(OCC(COc2ccccc2)OC(=O)CCCCCCOC(=O)C(=C)C)c1. The first-order chi connectivity index (χ1) is 28.1. The molecule has 2 unspecified atom stereocenters. The van der Waals surface area contributed by atoms with Crippen LogP contribution in [-0.4, -0.2) is 75.7 Å². The maximum absolute atomic E-state index is 12.8. The number of para-hydroxylation sites is 2. The molecule has 0 saturated heterocycles. The Morgan fingerprint density at radius 2 is 0.810 bits per heavy atom. The molecular formula is C46H58O12. The molecule has 0 fully saturated rings. The highest BCUT2D eigenvalue weighted by Crippen LogP contribution is 2.21. The molecule has 0 heterocycles. The van der Waals surface area contributed by atoms with Crippen LogP contribution in [0.25, 0.3) is 0 Å². The smallest absolute Gasteiger partial charge is 0.333 e. The quantitative estimate of drug-likeness (QED) is 0.0276. The van der Waals surface area contributed by atoms with E-state index in [0.717, 1.165) is 25.7 Å². The average molecular weight is 803 g/mol. The first-order valence-electron chi connectivity index (χ1n) is 19.8. The summed E-state index contributed by atoms with van der Waals surface area (Å²) in [7, 11) is 0. The number of ether oxygens (including phenoxy) is 8. The molecule has 0 spiro atoms. The van der Waals surface area contributed by atoms with E-state index in [4.69, 9.17) is 37.9 Å². The van der Waals surface area contributed by atoms with Gasteiger partial charge < -0.3 is 37.9 Å². The molecule has 0 radical (unpaired) electrons. The second kappa shape index (κ2) is 27.8. The molecule has 0 amide bonds. The average Bonchev–Trinajstić information content (AvgIpc) is 3.22. The number of carbonyl (C=O) groups is 4. The minimum absolute atomic E-state index is 0.0287. The van der Waals surface area contributed by atoms with E-state index in [0.29, 0.717) is 73.0 Å². The zero-order chi connectivity index (χ0) is 41.8. The third-order valence-electron chi connectivity index (χ3n) is 8.35. The number of hydrogen-bond acceptors (Lipinski definition) is 12. The number of esters is 4. The summed E-state index contributed by atoms with van der Waals surface area (Å²) in [4.78, 5) is 48.6. The van der Waals surface area contributed by atoms with Crippen molar-refractivity contribution in [2.45, 2.75) is 90.3 Å². The van der Waals surface area contributed by atoms with Crippen molar-refractivity contribution in [3.63, 3.8) is 0 Å². The Balaban J connectivity index is 1.50. The molecule has 0 bridgehead atoms. The van der Waals surface area contributed by atoms with Crippen LogP contribution in [0.3, 0.4) is 0 Å². The molecule has 314 valence electrons. The molecule has 0 aliphatic rings.